The lowest BCUT2D eigenvalue weighted by Crippen LogP contribution is -2.30. The highest BCUT2D eigenvalue weighted by Crippen LogP contribution is 2.21. The summed E-state index contributed by atoms with van der Waals surface area (Å²) in [6.07, 6.45) is 2.48. The van der Waals surface area contributed by atoms with Gasteiger partial charge in [0, 0.05) is 0 Å². The van der Waals surface area contributed by atoms with E-state index in [1.807, 2.05) is 0 Å². The van der Waals surface area contributed by atoms with Crippen molar-refractivity contribution >= 4 is 0 Å². The second-order valence-corrected chi connectivity index (χ2v) is 4.77. The molecule has 0 spiro atoms. The van der Waals surface area contributed by atoms with Gasteiger partial charge in [-0.3, -0.25) is 0 Å². The largest absolute Gasteiger partial charge is 0.493 e. The van der Waals surface area contributed by atoms with Crippen LogP contribution in [0.3, 0.4) is 0 Å². The van der Waals surface area contributed by atoms with Crippen LogP contribution in [0.4, 0.5) is 0 Å². The van der Waals surface area contributed by atoms with Gasteiger partial charge in [0.25, 0.3) is 0 Å². The minimum Gasteiger partial charge on any atom is -0.493 e. The second kappa shape index (κ2) is 5.35. The number of benzene rings is 1. The van der Waals surface area contributed by atoms with Crippen LogP contribution in [0.15, 0.2) is 18.2 Å². The van der Waals surface area contributed by atoms with Gasteiger partial charge in [-0.05, 0) is 62.9 Å². The lowest BCUT2D eigenvalue weighted by Gasteiger charge is -2.23. The summed E-state index contributed by atoms with van der Waals surface area (Å²) in [6, 6.07) is 6.40. The molecule has 88 valence electrons. The Morgan fingerprint density at radius 3 is 2.75 bits per heavy atom. The maximum atomic E-state index is 5.93. The molecule has 2 heteroatoms. The predicted molar refractivity (Wildman–Crippen MR) is 67.0 cm³/mol. The first kappa shape index (κ1) is 11.5. The lowest BCUT2D eigenvalue weighted by atomic mass is 9.99. The highest BCUT2D eigenvalue weighted by atomic mass is 16.5. The third kappa shape index (κ3) is 2.99. The van der Waals surface area contributed by atoms with Crippen molar-refractivity contribution in [3.8, 4) is 5.75 Å². The predicted octanol–water partition coefficient (Wildman–Crippen LogP) is 2.68. The third-order valence-electron chi connectivity index (χ3n) is 3.28. The molecule has 0 atom stereocenters. The van der Waals surface area contributed by atoms with E-state index in [1.165, 1.54) is 24.0 Å². The van der Waals surface area contributed by atoms with E-state index in [4.69, 9.17) is 4.74 Å². The first-order valence-electron chi connectivity index (χ1n) is 6.16. The van der Waals surface area contributed by atoms with E-state index in [2.05, 4.69) is 37.4 Å². The first-order chi connectivity index (χ1) is 7.75. The van der Waals surface area contributed by atoms with E-state index in [9.17, 15) is 0 Å². The molecular formula is C14H21NO. The van der Waals surface area contributed by atoms with Gasteiger partial charge >= 0.3 is 0 Å². The number of piperidine rings is 1. The van der Waals surface area contributed by atoms with Crippen LogP contribution < -0.4 is 10.1 Å². The Morgan fingerprint density at radius 1 is 1.25 bits per heavy atom. The molecule has 1 saturated heterocycles. The molecule has 0 bridgehead atoms. The van der Waals surface area contributed by atoms with Crippen molar-refractivity contribution < 1.29 is 4.74 Å². The Balaban J connectivity index is 1.90. The Hall–Kier alpha value is -1.02. The molecule has 1 N–H and O–H groups in total. The molecule has 0 amide bonds. The van der Waals surface area contributed by atoms with Gasteiger partial charge in [-0.15, -0.1) is 0 Å². The summed E-state index contributed by atoms with van der Waals surface area (Å²) in [7, 11) is 0. The van der Waals surface area contributed by atoms with Crippen LogP contribution in [0, 0.1) is 19.8 Å². The summed E-state index contributed by atoms with van der Waals surface area (Å²) in [4.78, 5) is 0. The maximum Gasteiger partial charge on any atom is 0.122 e. The highest BCUT2D eigenvalue weighted by molar-refractivity contribution is 5.35. The minimum atomic E-state index is 0.723. The molecule has 1 fully saturated rings. The molecule has 0 radical (unpaired) electrons. The van der Waals surface area contributed by atoms with E-state index >= 15 is 0 Å². The lowest BCUT2D eigenvalue weighted by molar-refractivity contribution is 0.214. The number of nitrogens with one attached hydrogen (secondary N) is 1. The fourth-order valence-corrected chi connectivity index (χ4v) is 2.12. The Morgan fingerprint density at radius 2 is 2.00 bits per heavy atom. The van der Waals surface area contributed by atoms with E-state index < -0.39 is 0 Å². The number of hydrogen-bond acceptors (Lipinski definition) is 2. The van der Waals surface area contributed by atoms with Crippen molar-refractivity contribution in [1.82, 2.24) is 5.32 Å². The van der Waals surface area contributed by atoms with Crippen LogP contribution in [0.1, 0.15) is 24.0 Å². The van der Waals surface area contributed by atoms with Gasteiger partial charge in [-0.25, -0.2) is 0 Å². The summed E-state index contributed by atoms with van der Waals surface area (Å²) < 4.78 is 5.93. The van der Waals surface area contributed by atoms with Crippen LogP contribution >= 0.6 is 0 Å². The first-order valence-corrected chi connectivity index (χ1v) is 6.16. The van der Waals surface area contributed by atoms with E-state index in [1.54, 1.807) is 0 Å². The monoisotopic (exact) mass is 219 g/mol. The van der Waals surface area contributed by atoms with Crippen LogP contribution in [0.2, 0.25) is 0 Å². The Bertz CT molecular complexity index is 343. The molecule has 1 heterocycles. The van der Waals surface area contributed by atoms with Gasteiger partial charge in [0.05, 0.1) is 6.61 Å². The topological polar surface area (TPSA) is 21.3 Å². The van der Waals surface area contributed by atoms with Crippen LogP contribution in [0.5, 0.6) is 5.75 Å². The summed E-state index contributed by atoms with van der Waals surface area (Å²) in [5, 5.41) is 3.38. The van der Waals surface area contributed by atoms with Gasteiger partial charge in [0.2, 0.25) is 0 Å². The normalized spacial score (nSPS) is 17.4. The summed E-state index contributed by atoms with van der Waals surface area (Å²) in [6.45, 7) is 7.36. The van der Waals surface area contributed by atoms with Crippen molar-refractivity contribution in [2.75, 3.05) is 19.7 Å². The molecule has 16 heavy (non-hydrogen) atoms. The number of aryl methyl sites for hydroxylation is 2. The van der Waals surface area contributed by atoms with E-state index in [0.717, 1.165) is 31.4 Å². The molecule has 0 aromatic heterocycles. The van der Waals surface area contributed by atoms with Gasteiger partial charge in [0.1, 0.15) is 5.75 Å². The van der Waals surface area contributed by atoms with Crippen LogP contribution in [0.25, 0.3) is 0 Å². The van der Waals surface area contributed by atoms with Crippen LogP contribution in [-0.4, -0.2) is 19.7 Å². The standard InChI is InChI=1S/C14H21NO/c1-11-3-4-12(2)14(9-11)16-10-13-5-7-15-8-6-13/h3-4,9,13,15H,5-8,10H2,1-2H3. The molecular weight excluding hydrogens is 198 g/mol. The van der Waals surface area contributed by atoms with Crippen molar-refractivity contribution in [3.05, 3.63) is 29.3 Å². The van der Waals surface area contributed by atoms with Crippen LogP contribution in [-0.2, 0) is 0 Å². The molecule has 0 saturated carbocycles. The van der Waals surface area contributed by atoms with E-state index in [0.29, 0.717) is 0 Å². The van der Waals surface area contributed by atoms with Gasteiger partial charge in [-0.2, -0.15) is 0 Å². The average Bonchev–Trinajstić information content (AvgIpc) is 2.32. The highest BCUT2D eigenvalue weighted by Gasteiger charge is 2.13. The molecule has 1 aromatic rings. The molecule has 0 unspecified atom stereocenters. The molecule has 0 aliphatic carbocycles. The average molecular weight is 219 g/mol. The van der Waals surface area contributed by atoms with Gasteiger partial charge < -0.3 is 10.1 Å². The molecule has 1 aliphatic heterocycles. The van der Waals surface area contributed by atoms with Crippen molar-refractivity contribution in [2.24, 2.45) is 5.92 Å². The third-order valence-corrected chi connectivity index (χ3v) is 3.28. The number of ether oxygens (including phenoxy) is 1. The minimum absolute atomic E-state index is 0.723. The Labute approximate surface area is 98.0 Å². The molecule has 1 aliphatic rings. The number of hydrogen-bond donors (Lipinski definition) is 1. The zero-order valence-corrected chi connectivity index (χ0v) is 10.3. The summed E-state index contributed by atoms with van der Waals surface area (Å²) >= 11 is 0. The smallest absolute Gasteiger partial charge is 0.122 e. The molecule has 2 nitrogen and oxygen atoms in total. The SMILES string of the molecule is Cc1ccc(C)c(OCC2CCNCC2)c1. The summed E-state index contributed by atoms with van der Waals surface area (Å²) in [5.74, 6) is 1.78. The fraction of sp³-hybridized carbons (Fsp3) is 0.571. The zero-order chi connectivity index (χ0) is 11.4. The molecule has 1 aromatic carbocycles. The van der Waals surface area contributed by atoms with Crippen molar-refractivity contribution in [1.29, 1.82) is 0 Å². The Kier molecular flexibility index (Phi) is 3.83. The van der Waals surface area contributed by atoms with E-state index in [-0.39, 0.29) is 0 Å². The molecule has 2 rings (SSSR count). The quantitative estimate of drug-likeness (QED) is 0.844. The fourth-order valence-electron chi connectivity index (χ4n) is 2.12. The van der Waals surface area contributed by atoms with Crippen molar-refractivity contribution in [3.63, 3.8) is 0 Å². The summed E-state index contributed by atoms with van der Waals surface area (Å²) in [5.41, 5.74) is 2.51. The zero-order valence-electron chi connectivity index (χ0n) is 10.3. The maximum absolute atomic E-state index is 5.93. The van der Waals surface area contributed by atoms with Gasteiger partial charge in [0.15, 0.2) is 0 Å². The van der Waals surface area contributed by atoms with Crippen molar-refractivity contribution in [2.45, 2.75) is 26.7 Å². The van der Waals surface area contributed by atoms with Gasteiger partial charge in [-0.1, -0.05) is 12.1 Å². The second-order valence-electron chi connectivity index (χ2n) is 4.77. The number of rotatable bonds is 3.